The van der Waals surface area contributed by atoms with Crippen molar-refractivity contribution >= 4 is 44.7 Å². The number of benzene rings is 1. The number of nitriles is 1. The average Bonchev–Trinajstić information content (AvgIpc) is 2.80. The van der Waals surface area contributed by atoms with Gasteiger partial charge in [0.25, 0.3) is 0 Å². The fourth-order valence-electron chi connectivity index (χ4n) is 1.63. The van der Waals surface area contributed by atoms with E-state index in [9.17, 15) is 9.18 Å². The minimum absolute atomic E-state index is 0.0683. The normalized spacial score (nSPS) is 11.9. The molecule has 0 bridgehead atoms. The predicted molar refractivity (Wildman–Crippen MR) is 76.1 cm³/mol. The first kappa shape index (κ1) is 14.2. The molecule has 1 aromatic carbocycles. The second-order valence-electron chi connectivity index (χ2n) is 3.67. The zero-order valence-electron chi connectivity index (χ0n) is 9.36. The Morgan fingerprint density at radius 2 is 2.16 bits per heavy atom. The van der Waals surface area contributed by atoms with Gasteiger partial charge in [0.05, 0.1) is 14.7 Å². The van der Waals surface area contributed by atoms with Gasteiger partial charge in [0.2, 0.25) is 0 Å². The smallest absolute Gasteiger partial charge is 0.194 e. The zero-order valence-corrected chi connectivity index (χ0v) is 12.5. The number of Topliss-reactive ketones (excluding diaryl/α,β-unsaturated/α-hetero) is 1. The van der Waals surface area contributed by atoms with Crippen molar-refractivity contribution in [3.8, 4) is 6.07 Å². The molecule has 1 atom stereocenters. The molecule has 2 rings (SSSR count). The van der Waals surface area contributed by atoms with Gasteiger partial charge >= 0.3 is 0 Å². The number of halogens is 3. The van der Waals surface area contributed by atoms with Crippen molar-refractivity contribution in [1.29, 1.82) is 5.26 Å². The van der Waals surface area contributed by atoms with E-state index in [4.69, 9.17) is 16.9 Å². The molecule has 19 heavy (non-hydrogen) atoms. The highest BCUT2D eigenvalue weighted by atomic mass is 79.9. The Morgan fingerprint density at radius 1 is 1.42 bits per heavy atom. The molecule has 0 aliphatic carbocycles. The van der Waals surface area contributed by atoms with Crippen LogP contribution in [0, 0.1) is 17.1 Å². The second kappa shape index (κ2) is 5.83. The third-order valence-corrected chi connectivity index (χ3v) is 4.46. The molecule has 96 valence electrons. The number of thiophene rings is 1. The van der Waals surface area contributed by atoms with Crippen molar-refractivity contribution in [1.82, 2.24) is 0 Å². The Balaban J connectivity index is 2.47. The first-order valence-corrected chi connectivity index (χ1v) is 7.16. The summed E-state index contributed by atoms with van der Waals surface area (Å²) in [6.45, 7) is 0. The molecule has 2 aromatic rings. The summed E-state index contributed by atoms with van der Waals surface area (Å²) >= 11 is 10.3. The quantitative estimate of drug-likeness (QED) is 0.740. The number of carbonyl (C=O) groups is 1. The predicted octanol–water partition coefficient (Wildman–Crippen LogP) is 4.79. The van der Waals surface area contributed by atoms with Gasteiger partial charge in [-0.2, -0.15) is 5.26 Å². The lowest BCUT2D eigenvalue weighted by molar-refractivity contribution is 0.0981. The molecule has 0 aliphatic heterocycles. The molecule has 0 spiro atoms. The number of rotatable bonds is 3. The Labute approximate surface area is 126 Å². The van der Waals surface area contributed by atoms with Crippen LogP contribution in [0.1, 0.15) is 21.2 Å². The van der Waals surface area contributed by atoms with Crippen LogP contribution >= 0.6 is 38.9 Å². The molecule has 0 amide bonds. The summed E-state index contributed by atoms with van der Waals surface area (Å²) in [4.78, 5) is 12.6. The first-order valence-electron chi connectivity index (χ1n) is 5.17. The van der Waals surface area contributed by atoms with E-state index in [0.29, 0.717) is 4.88 Å². The maximum atomic E-state index is 13.8. The van der Waals surface area contributed by atoms with E-state index in [1.165, 1.54) is 29.5 Å². The zero-order chi connectivity index (χ0) is 14.0. The van der Waals surface area contributed by atoms with Gasteiger partial charge in [-0.05, 0) is 40.2 Å². The van der Waals surface area contributed by atoms with Gasteiger partial charge in [-0.15, -0.1) is 11.3 Å². The maximum absolute atomic E-state index is 13.8. The van der Waals surface area contributed by atoms with E-state index in [0.717, 1.165) is 3.79 Å². The van der Waals surface area contributed by atoms with Crippen LogP contribution in [0.25, 0.3) is 0 Å². The Hall–Kier alpha value is -1.22. The van der Waals surface area contributed by atoms with Gasteiger partial charge in [-0.25, -0.2) is 4.39 Å². The summed E-state index contributed by atoms with van der Waals surface area (Å²) in [7, 11) is 0. The Bertz CT molecular complexity index is 659. The lowest BCUT2D eigenvalue weighted by Crippen LogP contribution is -2.12. The first-order chi connectivity index (χ1) is 9.04. The van der Waals surface area contributed by atoms with Crippen molar-refractivity contribution < 1.29 is 9.18 Å². The van der Waals surface area contributed by atoms with E-state index >= 15 is 0 Å². The van der Waals surface area contributed by atoms with E-state index in [-0.39, 0.29) is 10.6 Å². The summed E-state index contributed by atoms with van der Waals surface area (Å²) in [6, 6.07) is 9.20. The molecule has 6 heteroatoms. The summed E-state index contributed by atoms with van der Waals surface area (Å²) in [5.41, 5.74) is -0.0683. The van der Waals surface area contributed by atoms with Crippen molar-refractivity contribution in [2.24, 2.45) is 0 Å². The van der Waals surface area contributed by atoms with Crippen molar-refractivity contribution in [3.05, 3.63) is 55.4 Å². The average molecular weight is 359 g/mol. The topological polar surface area (TPSA) is 40.9 Å². The molecule has 1 unspecified atom stereocenters. The highest BCUT2D eigenvalue weighted by Crippen LogP contribution is 2.32. The molecule has 0 saturated carbocycles. The summed E-state index contributed by atoms with van der Waals surface area (Å²) in [6.07, 6.45) is 0. The molecule has 0 fully saturated rings. The maximum Gasteiger partial charge on any atom is 0.194 e. The van der Waals surface area contributed by atoms with Gasteiger partial charge in [0.1, 0.15) is 11.7 Å². The Morgan fingerprint density at radius 3 is 2.68 bits per heavy atom. The summed E-state index contributed by atoms with van der Waals surface area (Å²) < 4.78 is 14.5. The third-order valence-electron chi connectivity index (χ3n) is 2.50. The number of hydrogen-bond donors (Lipinski definition) is 0. The van der Waals surface area contributed by atoms with E-state index in [1.807, 2.05) is 6.07 Å². The van der Waals surface area contributed by atoms with Gasteiger partial charge in [0, 0.05) is 10.6 Å². The molecular weight excluding hydrogens is 353 g/mol. The molecule has 2 nitrogen and oxygen atoms in total. The molecule has 0 aliphatic rings. The highest BCUT2D eigenvalue weighted by Gasteiger charge is 2.27. The molecular formula is C13H6BrClFNOS. The van der Waals surface area contributed by atoms with Crippen LogP contribution in [0.4, 0.5) is 4.39 Å². The van der Waals surface area contributed by atoms with Crippen LogP contribution in [0.5, 0.6) is 0 Å². The van der Waals surface area contributed by atoms with Crippen LogP contribution in [-0.2, 0) is 0 Å². The van der Waals surface area contributed by atoms with Crippen molar-refractivity contribution in [3.63, 3.8) is 0 Å². The molecule has 0 radical (unpaired) electrons. The summed E-state index contributed by atoms with van der Waals surface area (Å²) in [5.74, 6) is -2.34. The standard InChI is InChI=1S/C13H6BrClFNOS/c14-11-5-4-10(19-11)13(18)7(6-17)12-8(15)2-1-3-9(12)16/h1-5,7H. The van der Waals surface area contributed by atoms with Gasteiger partial charge in [-0.3, -0.25) is 4.79 Å². The van der Waals surface area contributed by atoms with Crippen molar-refractivity contribution in [2.45, 2.75) is 5.92 Å². The Kier molecular flexibility index (Phi) is 4.35. The summed E-state index contributed by atoms with van der Waals surface area (Å²) in [5, 5.41) is 9.24. The fraction of sp³-hybridized carbons (Fsp3) is 0.0769. The van der Waals surface area contributed by atoms with Crippen LogP contribution < -0.4 is 0 Å². The van der Waals surface area contributed by atoms with Gasteiger partial charge < -0.3 is 0 Å². The van der Waals surface area contributed by atoms with Crippen LogP contribution in [0.2, 0.25) is 5.02 Å². The van der Waals surface area contributed by atoms with Crippen LogP contribution in [-0.4, -0.2) is 5.78 Å². The van der Waals surface area contributed by atoms with Gasteiger partial charge in [-0.1, -0.05) is 17.7 Å². The number of nitrogens with zero attached hydrogens (tertiary/aromatic N) is 1. The highest BCUT2D eigenvalue weighted by molar-refractivity contribution is 9.11. The molecule has 0 N–H and O–H groups in total. The molecule has 1 heterocycles. The van der Waals surface area contributed by atoms with E-state index in [1.54, 1.807) is 12.1 Å². The second-order valence-corrected chi connectivity index (χ2v) is 6.54. The molecule has 1 aromatic heterocycles. The minimum Gasteiger partial charge on any atom is -0.291 e. The third kappa shape index (κ3) is 2.86. The number of hydrogen-bond acceptors (Lipinski definition) is 3. The largest absolute Gasteiger partial charge is 0.291 e. The monoisotopic (exact) mass is 357 g/mol. The SMILES string of the molecule is N#CC(C(=O)c1ccc(Br)s1)c1c(F)cccc1Cl. The van der Waals surface area contributed by atoms with Crippen molar-refractivity contribution in [2.75, 3.05) is 0 Å². The van der Waals surface area contributed by atoms with Gasteiger partial charge in [0.15, 0.2) is 5.78 Å². The number of carbonyl (C=O) groups excluding carboxylic acids is 1. The lowest BCUT2D eigenvalue weighted by atomic mass is 9.94. The lowest BCUT2D eigenvalue weighted by Gasteiger charge is -2.10. The van der Waals surface area contributed by atoms with E-state index < -0.39 is 17.5 Å². The van der Waals surface area contributed by atoms with Crippen LogP contribution in [0.15, 0.2) is 34.1 Å². The number of ketones is 1. The van der Waals surface area contributed by atoms with Crippen LogP contribution in [0.3, 0.4) is 0 Å². The van der Waals surface area contributed by atoms with E-state index in [2.05, 4.69) is 15.9 Å². The fourth-order valence-corrected chi connectivity index (χ4v) is 3.26. The molecule has 0 saturated heterocycles. The minimum atomic E-state index is -1.24.